The first-order valence-electron chi connectivity index (χ1n) is 10.0. The standard InChI is InChI=1S/C24H16N6O2/c31-22-15-8-2-1-7-14(15)21(30-28-19-11-5-6-12-20(19)29-30)13-16(22)23(32)27-24-25-17-9-3-4-10-18(17)26-24/h1-13,31H,(H2,25,26,27,32). The quantitative estimate of drug-likeness (QED) is 0.393. The number of phenolic OH excluding ortho intramolecular Hbond substituents is 1. The summed E-state index contributed by atoms with van der Waals surface area (Å²) in [5, 5.41) is 24.0. The molecule has 0 aliphatic rings. The number of fused-ring (bicyclic) bond motifs is 3. The van der Waals surface area contributed by atoms with Gasteiger partial charge >= 0.3 is 0 Å². The molecule has 32 heavy (non-hydrogen) atoms. The molecule has 0 unspecified atom stereocenters. The van der Waals surface area contributed by atoms with Crippen LogP contribution in [0.1, 0.15) is 10.4 Å². The Morgan fingerprint density at radius 3 is 2.19 bits per heavy atom. The predicted octanol–water partition coefficient (Wildman–Crippen LogP) is 4.41. The van der Waals surface area contributed by atoms with Gasteiger partial charge in [0.15, 0.2) is 0 Å². The average molecular weight is 420 g/mol. The minimum atomic E-state index is -0.495. The van der Waals surface area contributed by atoms with E-state index in [-0.39, 0.29) is 11.3 Å². The van der Waals surface area contributed by atoms with E-state index in [0.29, 0.717) is 17.0 Å². The molecule has 8 heteroatoms. The Hall–Kier alpha value is -4.72. The summed E-state index contributed by atoms with van der Waals surface area (Å²) >= 11 is 0. The first kappa shape index (κ1) is 18.1. The molecule has 0 fully saturated rings. The van der Waals surface area contributed by atoms with Gasteiger partial charge in [-0.3, -0.25) is 10.1 Å². The third-order valence-corrected chi connectivity index (χ3v) is 5.36. The van der Waals surface area contributed by atoms with Crippen LogP contribution in [0, 0.1) is 0 Å². The molecular weight excluding hydrogens is 404 g/mol. The van der Waals surface area contributed by atoms with Crippen LogP contribution in [-0.2, 0) is 0 Å². The number of imidazole rings is 1. The summed E-state index contributed by atoms with van der Waals surface area (Å²) in [6.45, 7) is 0. The zero-order chi connectivity index (χ0) is 21.7. The highest BCUT2D eigenvalue weighted by atomic mass is 16.3. The number of carbonyl (C=O) groups is 1. The number of para-hydroxylation sites is 2. The van der Waals surface area contributed by atoms with Gasteiger partial charge in [-0.2, -0.15) is 0 Å². The van der Waals surface area contributed by atoms with E-state index < -0.39 is 5.91 Å². The van der Waals surface area contributed by atoms with Crippen molar-refractivity contribution in [2.45, 2.75) is 0 Å². The van der Waals surface area contributed by atoms with Crippen molar-refractivity contribution in [3.05, 3.63) is 84.4 Å². The number of phenols is 1. The number of amides is 1. The van der Waals surface area contributed by atoms with Crippen LogP contribution in [0.3, 0.4) is 0 Å². The minimum Gasteiger partial charge on any atom is -0.506 e. The lowest BCUT2D eigenvalue weighted by molar-refractivity contribution is 0.102. The van der Waals surface area contributed by atoms with Crippen LogP contribution in [0.5, 0.6) is 5.75 Å². The van der Waals surface area contributed by atoms with Crippen LogP contribution in [0.2, 0.25) is 0 Å². The fourth-order valence-electron chi connectivity index (χ4n) is 3.83. The second-order valence-electron chi connectivity index (χ2n) is 7.37. The predicted molar refractivity (Wildman–Crippen MR) is 122 cm³/mol. The molecule has 3 N–H and O–H groups in total. The molecule has 2 heterocycles. The van der Waals surface area contributed by atoms with Crippen molar-refractivity contribution < 1.29 is 9.90 Å². The number of aromatic hydroxyl groups is 1. The van der Waals surface area contributed by atoms with Crippen molar-refractivity contribution in [1.29, 1.82) is 0 Å². The third kappa shape index (κ3) is 2.85. The summed E-state index contributed by atoms with van der Waals surface area (Å²) < 4.78 is 0. The fourth-order valence-corrected chi connectivity index (χ4v) is 3.83. The molecule has 0 saturated carbocycles. The lowest BCUT2D eigenvalue weighted by atomic mass is 10.0. The normalized spacial score (nSPS) is 11.4. The van der Waals surface area contributed by atoms with E-state index >= 15 is 0 Å². The summed E-state index contributed by atoms with van der Waals surface area (Å²) in [6.07, 6.45) is 0. The number of hydrogen-bond acceptors (Lipinski definition) is 5. The van der Waals surface area contributed by atoms with Crippen molar-refractivity contribution in [3.8, 4) is 11.4 Å². The molecule has 0 aliphatic carbocycles. The van der Waals surface area contributed by atoms with Crippen LogP contribution in [0.4, 0.5) is 5.95 Å². The van der Waals surface area contributed by atoms with Crippen LogP contribution in [0.25, 0.3) is 38.5 Å². The van der Waals surface area contributed by atoms with Crippen LogP contribution < -0.4 is 5.32 Å². The molecule has 4 aromatic carbocycles. The molecule has 8 nitrogen and oxygen atoms in total. The Balaban J connectivity index is 1.49. The number of carbonyl (C=O) groups excluding carboxylic acids is 1. The van der Waals surface area contributed by atoms with Crippen LogP contribution in [-0.4, -0.2) is 36.0 Å². The highest BCUT2D eigenvalue weighted by Gasteiger charge is 2.20. The second-order valence-corrected chi connectivity index (χ2v) is 7.37. The van der Waals surface area contributed by atoms with Gasteiger partial charge in [0.25, 0.3) is 5.91 Å². The van der Waals surface area contributed by atoms with Gasteiger partial charge in [-0.15, -0.1) is 15.0 Å². The van der Waals surface area contributed by atoms with Crippen molar-refractivity contribution in [2.75, 3.05) is 5.32 Å². The molecule has 154 valence electrons. The van der Waals surface area contributed by atoms with E-state index in [9.17, 15) is 9.90 Å². The van der Waals surface area contributed by atoms with Crippen molar-refractivity contribution >= 4 is 44.7 Å². The van der Waals surface area contributed by atoms with Crippen molar-refractivity contribution in [1.82, 2.24) is 25.0 Å². The summed E-state index contributed by atoms with van der Waals surface area (Å²) in [7, 11) is 0. The Morgan fingerprint density at radius 1 is 0.844 bits per heavy atom. The van der Waals surface area contributed by atoms with Gasteiger partial charge in [-0.05, 0) is 30.3 Å². The Bertz CT molecular complexity index is 1580. The molecule has 0 bridgehead atoms. The summed E-state index contributed by atoms with van der Waals surface area (Å²) in [5.74, 6) is -0.312. The SMILES string of the molecule is O=C(Nc1nc2ccccc2[nH]1)c1cc(-n2nc3ccccc3n2)c2ccccc2c1O. The van der Waals surface area contributed by atoms with Gasteiger partial charge in [-0.25, -0.2) is 4.98 Å². The summed E-state index contributed by atoms with van der Waals surface area (Å²) in [4.78, 5) is 22.1. The van der Waals surface area contributed by atoms with E-state index in [2.05, 4.69) is 25.5 Å². The van der Waals surface area contributed by atoms with Gasteiger partial charge in [-0.1, -0.05) is 48.5 Å². The third-order valence-electron chi connectivity index (χ3n) is 5.36. The molecule has 0 saturated heterocycles. The number of aromatic amines is 1. The number of nitrogens with one attached hydrogen (secondary N) is 2. The summed E-state index contributed by atoms with van der Waals surface area (Å²) in [6, 6.07) is 23.9. The molecule has 1 amide bonds. The Kier molecular flexibility index (Phi) is 3.91. The first-order chi connectivity index (χ1) is 15.7. The van der Waals surface area contributed by atoms with Crippen LogP contribution in [0.15, 0.2) is 78.9 Å². The zero-order valence-corrected chi connectivity index (χ0v) is 16.6. The Morgan fingerprint density at radius 2 is 1.47 bits per heavy atom. The minimum absolute atomic E-state index is 0.0977. The van der Waals surface area contributed by atoms with Crippen molar-refractivity contribution in [2.24, 2.45) is 0 Å². The van der Waals surface area contributed by atoms with Gasteiger partial charge in [0.1, 0.15) is 16.8 Å². The maximum Gasteiger partial charge on any atom is 0.261 e. The second kappa shape index (κ2) is 6.92. The number of benzene rings is 4. The fraction of sp³-hybridized carbons (Fsp3) is 0. The van der Waals surface area contributed by atoms with E-state index in [4.69, 9.17) is 0 Å². The monoisotopic (exact) mass is 420 g/mol. The number of rotatable bonds is 3. The van der Waals surface area contributed by atoms with Gasteiger partial charge in [0, 0.05) is 10.8 Å². The van der Waals surface area contributed by atoms with Gasteiger partial charge in [0.05, 0.1) is 22.3 Å². The smallest absolute Gasteiger partial charge is 0.261 e. The molecule has 2 aromatic heterocycles. The largest absolute Gasteiger partial charge is 0.506 e. The topological polar surface area (TPSA) is 109 Å². The van der Waals surface area contributed by atoms with Crippen LogP contribution >= 0.6 is 0 Å². The highest BCUT2D eigenvalue weighted by molar-refractivity contribution is 6.11. The first-order valence-corrected chi connectivity index (χ1v) is 10.0. The molecular formula is C24H16N6O2. The van der Waals surface area contributed by atoms with E-state index in [1.165, 1.54) is 4.80 Å². The van der Waals surface area contributed by atoms with Gasteiger partial charge < -0.3 is 10.1 Å². The molecule has 0 aliphatic heterocycles. The molecule has 0 radical (unpaired) electrons. The molecule has 0 atom stereocenters. The number of anilines is 1. The highest BCUT2D eigenvalue weighted by Crippen LogP contribution is 2.34. The molecule has 6 aromatic rings. The molecule has 6 rings (SSSR count). The zero-order valence-electron chi connectivity index (χ0n) is 16.6. The number of H-pyrrole nitrogens is 1. The average Bonchev–Trinajstić information content (AvgIpc) is 3.42. The maximum absolute atomic E-state index is 13.1. The lowest BCUT2D eigenvalue weighted by Crippen LogP contribution is -2.14. The molecule has 0 spiro atoms. The van der Waals surface area contributed by atoms with E-state index in [1.807, 2.05) is 60.7 Å². The van der Waals surface area contributed by atoms with Gasteiger partial charge in [0.2, 0.25) is 5.95 Å². The Labute approximate surface area is 181 Å². The summed E-state index contributed by atoms with van der Waals surface area (Å²) in [5.41, 5.74) is 3.69. The van der Waals surface area contributed by atoms with E-state index in [0.717, 1.165) is 27.5 Å². The lowest BCUT2D eigenvalue weighted by Gasteiger charge is -2.12. The number of hydrogen-bond donors (Lipinski definition) is 3. The van der Waals surface area contributed by atoms with E-state index in [1.54, 1.807) is 18.2 Å². The maximum atomic E-state index is 13.1. The number of nitrogens with zero attached hydrogens (tertiary/aromatic N) is 4. The van der Waals surface area contributed by atoms with Crippen molar-refractivity contribution in [3.63, 3.8) is 0 Å². The number of aromatic nitrogens is 5.